The summed E-state index contributed by atoms with van der Waals surface area (Å²) in [5.74, 6) is 0.188. The summed E-state index contributed by atoms with van der Waals surface area (Å²) in [6, 6.07) is 12.9. The molecule has 0 aliphatic carbocycles. The maximum Gasteiger partial charge on any atom is 0.234 e. The third kappa shape index (κ3) is 4.28. The molecule has 0 fully saturated rings. The summed E-state index contributed by atoms with van der Waals surface area (Å²) in [5, 5.41) is 13.4. The zero-order chi connectivity index (χ0) is 20.8. The number of hydrogen-bond acceptors (Lipinski definition) is 6. The summed E-state index contributed by atoms with van der Waals surface area (Å²) in [6.07, 6.45) is 3.29. The minimum Gasteiger partial charge on any atom is -0.495 e. The maximum absolute atomic E-state index is 13.3. The van der Waals surface area contributed by atoms with Gasteiger partial charge in [-0.2, -0.15) is 5.26 Å². The van der Waals surface area contributed by atoms with Crippen LogP contribution in [0, 0.1) is 17.2 Å². The number of anilines is 1. The number of ether oxygens (including phenoxy) is 1. The SMILES string of the molecule is C=CCSC1=C(C#N)[C@H](c2ccco2)C(C(=O)Nc2ccccc2OC)C(C)=N1. The number of aliphatic imine (C=N–C) groups is 1. The molecule has 6 nitrogen and oxygen atoms in total. The third-order valence-corrected chi connectivity index (χ3v) is 5.55. The smallest absolute Gasteiger partial charge is 0.234 e. The van der Waals surface area contributed by atoms with Crippen LogP contribution in [0.4, 0.5) is 5.69 Å². The molecule has 1 aromatic heterocycles. The molecule has 3 rings (SSSR count). The number of nitriles is 1. The van der Waals surface area contributed by atoms with Gasteiger partial charge in [0.25, 0.3) is 0 Å². The molecule has 0 saturated carbocycles. The van der Waals surface area contributed by atoms with Gasteiger partial charge < -0.3 is 14.5 Å². The van der Waals surface area contributed by atoms with Gasteiger partial charge in [-0.25, -0.2) is 4.99 Å². The number of nitrogens with one attached hydrogen (secondary N) is 1. The topological polar surface area (TPSA) is 87.6 Å². The molecule has 2 aromatic rings. The molecule has 7 heteroatoms. The van der Waals surface area contributed by atoms with Gasteiger partial charge in [0.2, 0.25) is 5.91 Å². The number of methoxy groups -OCH3 is 1. The number of nitrogens with zero attached hydrogens (tertiary/aromatic N) is 2. The molecular formula is C22H21N3O3S. The van der Waals surface area contributed by atoms with Crippen molar-refractivity contribution in [3.05, 3.63) is 71.7 Å². The molecule has 0 radical (unpaired) electrons. The molecule has 2 heterocycles. The van der Waals surface area contributed by atoms with Crippen molar-refractivity contribution >= 4 is 29.1 Å². The average molecular weight is 407 g/mol. The van der Waals surface area contributed by atoms with E-state index in [-0.39, 0.29) is 5.91 Å². The fourth-order valence-electron chi connectivity index (χ4n) is 3.27. The highest BCUT2D eigenvalue weighted by Gasteiger charge is 2.41. The fraction of sp³-hybridized carbons (Fsp3) is 0.227. The number of para-hydroxylation sites is 2. The van der Waals surface area contributed by atoms with Gasteiger partial charge in [-0.05, 0) is 31.2 Å². The Bertz CT molecular complexity index is 1000. The van der Waals surface area contributed by atoms with E-state index in [1.807, 2.05) is 12.1 Å². The maximum atomic E-state index is 13.3. The van der Waals surface area contributed by atoms with Gasteiger partial charge in [-0.3, -0.25) is 4.79 Å². The molecule has 1 aliphatic rings. The minimum atomic E-state index is -0.686. The van der Waals surface area contributed by atoms with Crippen molar-refractivity contribution < 1.29 is 13.9 Å². The van der Waals surface area contributed by atoms with E-state index in [9.17, 15) is 10.1 Å². The van der Waals surface area contributed by atoms with Crippen LogP contribution in [0.25, 0.3) is 0 Å². The lowest BCUT2D eigenvalue weighted by Crippen LogP contribution is -2.36. The van der Waals surface area contributed by atoms with E-state index in [4.69, 9.17) is 9.15 Å². The summed E-state index contributed by atoms with van der Waals surface area (Å²) in [7, 11) is 1.55. The number of carbonyl (C=O) groups is 1. The quantitative estimate of drug-likeness (QED) is 0.669. The van der Waals surface area contributed by atoms with E-state index < -0.39 is 11.8 Å². The van der Waals surface area contributed by atoms with E-state index in [0.29, 0.717) is 39.3 Å². The summed E-state index contributed by atoms with van der Waals surface area (Å²) < 4.78 is 10.9. The van der Waals surface area contributed by atoms with Crippen LogP contribution in [0.2, 0.25) is 0 Å². The molecule has 0 bridgehead atoms. The van der Waals surface area contributed by atoms with Gasteiger partial charge in [0.15, 0.2) is 0 Å². The lowest BCUT2D eigenvalue weighted by atomic mass is 9.79. The van der Waals surface area contributed by atoms with Crippen molar-refractivity contribution in [3.8, 4) is 11.8 Å². The number of furan rings is 1. The van der Waals surface area contributed by atoms with E-state index >= 15 is 0 Å². The van der Waals surface area contributed by atoms with E-state index in [2.05, 4.69) is 23.0 Å². The number of allylic oxidation sites excluding steroid dienone is 1. The molecule has 29 heavy (non-hydrogen) atoms. The van der Waals surface area contributed by atoms with Crippen LogP contribution in [0.3, 0.4) is 0 Å². The van der Waals surface area contributed by atoms with Gasteiger partial charge in [0.05, 0.1) is 42.5 Å². The van der Waals surface area contributed by atoms with E-state index in [1.165, 1.54) is 18.0 Å². The second kappa shape index (κ2) is 9.30. The van der Waals surface area contributed by atoms with Crippen LogP contribution < -0.4 is 10.1 Å². The summed E-state index contributed by atoms with van der Waals surface area (Å²) >= 11 is 1.42. The second-order valence-corrected chi connectivity index (χ2v) is 7.35. The number of rotatable bonds is 7. The Kier molecular flexibility index (Phi) is 6.57. The van der Waals surface area contributed by atoms with Crippen molar-refractivity contribution in [2.75, 3.05) is 18.2 Å². The molecular weight excluding hydrogens is 386 g/mol. The lowest BCUT2D eigenvalue weighted by molar-refractivity contribution is -0.118. The Morgan fingerprint density at radius 1 is 1.41 bits per heavy atom. The largest absolute Gasteiger partial charge is 0.495 e. The molecule has 148 valence electrons. The van der Waals surface area contributed by atoms with Gasteiger partial charge in [-0.1, -0.05) is 18.2 Å². The van der Waals surface area contributed by atoms with Crippen LogP contribution in [-0.4, -0.2) is 24.5 Å². The number of thioether (sulfide) groups is 1. The molecule has 0 saturated heterocycles. The average Bonchev–Trinajstić information content (AvgIpc) is 3.26. The fourth-order valence-corrected chi connectivity index (χ4v) is 4.08. The van der Waals surface area contributed by atoms with E-state index in [1.54, 1.807) is 44.4 Å². The zero-order valence-electron chi connectivity index (χ0n) is 16.2. The Balaban J connectivity index is 2.01. The van der Waals surface area contributed by atoms with Crippen molar-refractivity contribution in [3.63, 3.8) is 0 Å². The Labute approximate surface area is 174 Å². The van der Waals surface area contributed by atoms with Gasteiger partial charge >= 0.3 is 0 Å². The Morgan fingerprint density at radius 3 is 2.86 bits per heavy atom. The predicted octanol–water partition coefficient (Wildman–Crippen LogP) is 4.76. The van der Waals surface area contributed by atoms with Crippen LogP contribution in [0.1, 0.15) is 18.6 Å². The number of amides is 1. The number of hydrogen-bond donors (Lipinski definition) is 1. The van der Waals surface area contributed by atoms with Crippen LogP contribution in [-0.2, 0) is 4.79 Å². The highest BCUT2D eigenvalue weighted by molar-refractivity contribution is 8.03. The number of carbonyl (C=O) groups excluding carboxylic acids is 1. The van der Waals surface area contributed by atoms with Gasteiger partial charge in [0, 0.05) is 11.5 Å². The second-order valence-electron chi connectivity index (χ2n) is 6.34. The minimum absolute atomic E-state index is 0.280. The molecule has 2 atom stereocenters. The molecule has 1 aromatic carbocycles. The third-order valence-electron chi connectivity index (χ3n) is 4.56. The standard InChI is InChI=1S/C22H21N3O3S/c1-4-12-29-22-15(13-23)20(18-10-7-11-28-18)19(14(2)24-22)21(26)25-16-8-5-6-9-17(16)27-3/h4-11,19-20H,1,12H2,2-3H3,(H,25,26)/t19?,20-/m1/s1. The lowest BCUT2D eigenvalue weighted by Gasteiger charge is -2.29. The highest BCUT2D eigenvalue weighted by Crippen LogP contribution is 2.42. The normalized spacial score (nSPS) is 18.6. The zero-order valence-corrected chi connectivity index (χ0v) is 17.0. The van der Waals surface area contributed by atoms with Crippen molar-refractivity contribution in [2.45, 2.75) is 12.8 Å². The molecule has 1 aliphatic heterocycles. The van der Waals surface area contributed by atoms with Crippen LogP contribution in [0.5, 0.6) is 5.75 Å². The first-order chi connectivity index (χ1) is 14.1. The molecule has 0 spiro atoms. The summed E-state index contributed by atoms with van der Waals surface area (Å²) in [5.41, 5.74) is 1.59. The summed E-state index contributed by atoms with van der Waals surface area (Å²) in [6.45, 7) is 5.52. The predicted molar refractivity (Wildman–Crippen MR) is 115 cm³/mol. The van der Waals surface area contributed by atoms with Gasteiger partial charge in [-0.15, -0.1) is 18.3 Å². The van der Waals surface area contributed by atoms with Crippen molar-refractivity contribution in [1.82, 2.24) is 0 Å². The molecule has 1 N–H and O–H groups in total. The number of benzene rings is 1. The van der Waals surface area contributed by atoms with Crippen LogP contribution >= 0.6 is 11.8 Å². The van der Waals surface area contributed by atoms with E-state index in [0.717, 1.165) is 0 Å². The van der Waals surface area contributed by atoms with Crippen LogP contribution in [0.15, 0.2) is 75.3 Å². The monoisotopic (exact) mass is 407 g/mol. The molecule has 1 unspecified atom stereocenters. The van der Waals surface area contributed by atoms with Gasteiger partial charge in [0.1, 0.15) is 16.5 Å². The molecule has 1 amide bonds. The van der Waals surface area contributed by atoms with Crippen molar-refractivity contribution in [1.29, 1.82) is 5.26 Å². The Hall–Kier alpha value is -3.24. The van der Waals surface area contributed by atoms with Crippen molar-refractivity contribution in [2.24, 2.45) is 10.9 Å². The first-order valence-electron chi connectivity index (χ1n) is 9.01. The highest BCUT2D eigenvalue weighted by atomic mass is 32.2. The Morgan fingerprint density at radius 2 is 2.21 bits per heavy atom. The summed E-state index contributed by atoms with van der Waals surface area (Å²) in [4.78, 5) is 17.9. The first kappa shape index (κ1) is 20.5. The first-order valence-corrected chi connectivity index (χ1v) is 9.99.